The summed E-state index contributed by atoms with van der Waals surface area (Å²) >= 11 is 6.34. The fourth-order valence-electron chi connectivity index (χ4n) is 6.00. The van der Waals surface area contributed by atoms with E-state index in [4.69, 9.17) is 11.6 Å². The van der Waals surface area contributed by atoms with Gasteiger partial charge in [0, 0.05) is 42.7 Å². The lowest BCUT2D eigenvalue weighted by atomic mass is 9.84. The van der Waals surface area contributed by atoms with Crippen molar-refractivity contribution in [1.82, 2.24) is 21.3 Å². The second-order valence-corrected chi connectivity index (χ2v) is 10.7. The Kier molecular flexibility index (Phi) is 6.51. The number of carbonyl (C=O) groups excluding carboxylic acids is 3. The van der Waals surface area contributed by atoms with Crippen LogP contribution in [-0.2, 0) is 29.2 Å². The summed E-state index contributed by atoms with van der Waals surface area (Å²) in [7, 11) is 0. The monoisotopic (exact) mass is 528 g/mol. The van der Waals surface area contributed by atoms with Crippen molar-refractivity contribution in [1.29, 1.82) is 0 Å². The summed E-state index contributed by atoms with van der Waals surface area (Å²) in [4.78, 5) is 38.0. The lowest BCUT2D eigenvalue weighted by Crippen LogP contribution is -2.44. The number of rotatable bonds is 5. The van der Waals surface area contributed by atoms with Crippen LogP contribution >= 0.6 is 11.6 Å². The van der Waals surface area contributed by atoms with E-state index in [1.54, 1.807) is 12.1 Å². The summed E-state index contributed by atoms with van der Waals surface area (Å²) in [6.07, 6.45) is 0.850. The van der Waals surface area contributed by atoms with E-state index in [-0.39, 0.29) is 29.7 Å². The molecule has 3 atom stereocenters. The van der Waals surface area contributed by atoms with Crippen LogP contribution in [0.1, 0.15) is 74.2 Å². The van der Waals surface area contributed by atoms with Gasteiger partial charge in [-0.1, -0.05) is 54.1 Å². The van der Waals surface area contributed by atoms with E-state index in [1.807, 2.05) is 31.2 Å². The van der Waals surface area contributed by atoms with E-state index in [1.165, 1.54) is 11.1 Å². The smallest absolute Gasteiger partial charge is 0.252 e. The normalized spacial score (nSPS) is 21.0. The van der Waals surface area contributed by atoms with Gasteiger partial charge >= 0.3 is 0 Å². The number of hydrogen-bond acceptors (Lipinski definition) is 5. The molecule has 1 fully saturated rings. The Morgan fingerprint density at radius 2 is 1.79 bits per heavy atom. The predicted octanol–water partition coefficient (Wildman–Crippen LogP) is 3.97. The zero-order valence-corrected chi connectivity index (χ0v) is 21.8. The molecule has 3 aliphatic heterocycles. The van der Waals surface area contributed by atoms with Gasteiger partial charge in [-0.25, -0.2) is 0 Å². The predicted molar refractivity (Wildman–Crippen MR) is 144 cm³/mol. The number of halogens is 1. The third kappa shape index (κ3) is 4.41. The molecule has 3 aliphatic rings. The fourth-order valence-corrected chi connectivity index (χ4v) is 6.18. The second-order valence-electron chi connectivity index (χ2n) is 10.3. The van der Waals surface area contributed by atoms with Crippen molar-refractivity contribution in [2.24, 2.45) is 5.92 Å². The maximum absolute atomic E-state index is 13.6. The van der Waals surface area contributed by atoms with Crippen LogP contribution in [0.5, 0.6) is 0 Å². The van der Waals surface area contributed by atoms with E-state index in [2.05, 4.69) is 39.5 Å². The highest BCUT2D eigenvalue weighted by Gasteiger charge is 2.39. The number of amides is 3. The molecule has 3 unspecified atom stereocenters. The second kappa shape index (κ2) is 9.98. The molecule has 8 heteroatoms. The van der Waals surface area contributed by atoms with Crippen LogP contribution in [0.4, 0.5) is 0 Å². The molecule has 3 amide bonds. The molecular formula is C30H29ClN4O3. The van der Waals surface area contributed by atoms with Gasteiger partial charge in [0.15, 0.2) is 0 Å². The van der Waals surface area contributed by atoms with Crippen molar-refractivity contribution in [2.45, 2.75) is 51.5 Å². The SMILES string of the molecule is Cc1ccc(C(=O)NC(c2cccc3c2CNC3)c2cccc3c2CNC3C2CCC(=O)NC2=O)cc1Cl. The summed E-state index contributed by atoms with van der Waals surface area (Å²) in [6, 6.07) is 17.1. The minimum atomic E-state index is -0.394. The Morgan fingerprint density at radius 1 is 1.00 bits per heavy atom. The Morgan fingerprint density at radius 3 is 2.58 bits per heavy atom. The van der Waals surface area contributed by atoms with Gasteiger partial charge in [-0.15, -0.1) is 0 Å². The average molecular weight is 529 g/mol. The molecular weight excluding hydrogens is 500 g/mol. The first-order chi connectivity index (χ1) is 18.4. The molecule has 0 spiro atoms. The van der Waals surface area contributed by atoms with Gasteiger partial charge in [-0.3, -0.25) is 19.7 Å². The molecule has 6 rings (SSSR count). The highest BCUT2D eigenvalue weighted by Crippen LogP contribution is 2.40. The van der Waals surface area contributed by atoms with Crippen LogP contribution in [0.3, 0.4) is 0 Å². The Labute approximate surface area is 226 Å². The van der Waals surface area contributed by atoms with Crippen molar-refractivity contribution >= 4 is 29.3 Å². The number of carbonyl (C=O) groups is 3. The van der Waals surface area contributed by atoms with Gasteiger partial charge in [0.05, 0.1) is 12.0 Å². The quantitative estimate of drug-likeness (QED) is 0.376. The summed E-state index contributed by atoms with van der Waals surface area (Å²) < 4.78 is 0. The number of hydrogen-bond donors (Lipinski definition) is 4. The van der Waals surface area contributed by atoms with Gasteiger partial charge in [0.2, 0.25) is 11.8 Å². The van der Waals surface area contributed by atoms with Crippen molar-refractivity contribution in [3.8, 4) is 0 Å². The molecule has 4 N–H and O–H groups in total. The number of aryl methyl sites for hydroxylation is 1. The van der Waals surface area contributed by atoms with Gasteiger partial charge in [0.25, 0.3) is 5.91 Å². The molecule has 0 radical (unpaired) electrons. The molecule has 3 aromatic carbocycles. The topological polar surface area (TPSA) is 99.3 Å². The number of benzene rings is 3. The van der Waals surface area contributed by atoms with Crippen molar-refractivity contribution in [3.05, 3.63) is 104 Å². The third-order valence-electron chi connectivity index (χ3n) is 8.02. The van der Waals surface area contributed by atoms with Crippen LogP contribution < -0.4 is 21.3 Å². The van der Waals surface area contributed by atoms with E-state index in [0.717, 1.165) is 40.9 Å². The van der Waals surface area contributed by atoms with Gasteiger partial charge in [0.1, 0.15) is 0 Å². The molecule has 7 nitrogen and oxygen atoms in total. The zero-order valence-electron chi connectivity index (χ0n) is 21.1. The molecule has 0 saturated carbocycles. The molecule has 3 heterocycles. The first-order valence-corrected chi connectivity index (χ1v) is 13.4. The van der Waals surface area contributed by atoms with Crippen molar-refractivity contribution in [2.75, 3.05) is 0 Å². The zero-order chi connectivity index (χ0) is 26.4. The van der Waals surface area contributed by atoms with E-state index in [9.17, 15) is 14.4 Å². The highest BCUT2D eigenvalue weighted by molar-refractivity contribution is 6.31. The molecule has 38 heavy (non-hydrogen) atoms. The highest BCUT2D eigenvalue weighted by atomic mass is 35.5. The van der Waals surface area contributed by atoms with E-state index >= 15 is 0 Å². The standard InChI is InChI=1S/C30H29ClN4O3/c1-16-8-9-17(12-25(16)31)29(37)35-28(19-5-2-4-18-13-32-14-23(18)19)21-7-3-6-20-24(21)15-33-27(20)22-10-11-26(36)34-30(22)38/h2-9,12,22,27-28,32-33H,10-11,13-15H2,1H3,(H,35,37)(H,34,36,38). The molecule has 1 saturated heterocycles. The maximum Gasteiger partial charge on any atom is 0.252 e. The molecule has 194 valence electrons. The lowest BCUT2D eigenvalue weighted by molar-refractivity contribution is -0.137. The lowest BCUT2D eigenvalue weighted by Gasteiger charge is -2.27. The number of piperidine rings is 1. The van der Waals surface area contributed by atoms with Crippen LogP contribution in [0, 0.1) is 12.8 Å². The number of nitrogens with one attached hydrogen (secondary N) is 4. The Balaban J connectivity index is 1.41. The van der Waals surface area contributed by atoms with Crippen molar-refractivity contribution in [3.63, 3.8) is 0 Å². The maximum atomic E-state index is 13.6. The number of fused-ring (bicyclic) bond motifs is 2. The van der Waals surface area contributed by atoms with Gasteiger partial charge in [-0.05, 0) is 64.4 Å². The number of imide groups is 1. The van der Waals surface area contributed by atoms with E-state index in [0.29, 0.717) is 30.0 Å². The summed E-state index contributed by atoms with van der Waals surface area (Å²) in [5.74, 6) is -0.975. The molecule has 3 aromatic rings. The van der Waals surface area contributed by atoms with Gasteiger partial charge in [-0.2, -0.15) is 0 Å². The van der Waals surface area contributed by atoms with Crippen molar-refractivity contribution < 1.29 is 14.4 Å². The fraction of sp³-hybridized carbons (Fsp3) is 0.300. The van der Waals surface area contributed by atoms with Crippen LogP contribution in [-0.4, -0.2) is 17.7 Å². The molecule has 0 aromatic heterocycles. The third-order valence-corrected chi connectivity index (χ3v) is 8.43. The van der Waals surface area contributed by atoms with Crippen LogP contribution in [0.15, 0.2) is 54.6 Å². The summed E-state index contributed by atoms with van der Waals surface area (Å²) in [5.41, 5.74) is 8.02. The first-order valence-electron chi connectivity index (χ1n) is 13.0. The average Bonchev–Trinajstić information content (AvgIpc) is 3.56. The summed E-state index contributed by atoms with van der Waals surface area (Å²) in [5, 5.41) is 13.3. The van der Waals surface area contributed by atoms with Crippen LogP contribution in [0.2, 0.25) is 5.02 Å². The Hall–Kier alpha value is -3.52. The minimum Gasteiger partial charge on any atom is -0.341 e. The van der Waals surface area contributed by atoms with E-state index < -0.39 is 6.04 Å². The Bertz CT molecular complexity index is 1470. The van der Waals surface area contributed by atoms with Crippen LogP contribution in [0.25, 0.3) is 0 Å². The van der Waals surface area contributed by atoms with Gasteiger partial charge < -0.3 is 16.0 Å². The summed E-state index contributed by atoms with van der Waals surface area (Å²) in [6.45, 7) is 4.01. The largest absolute Gasteiger partial charge is 0.341 e. The molecule has 0 bridgehead atoms. The first kappa shape index (κ1) is 24.8. The minimum absolute atomic E-state index is 0.187. The molecule has 0 aliphatic carbocycles.